The fourth-order valence-corrected chi connectivity index (χ4v) is 4.24. The van der Waals surface area contributed by atoms with Gasteiger partial charge >= 0.3 is 0 Å². The van der Waals surface area contributed by atoms with Crippen molar-refractivity contribution in [3.63, 3.8) is 0 Å². The van der Waals surface area contributed by atoms with Gasteiger partial charge < -0.3 is 21.7 Å². The smallest absolute Gasteiger partial charge is 0.270 e. The van der Waals surface area contributed by atoms with Crippen molar-refractivity contribution >= 4 is 34.9 Å². The lowest BCUT2D eigenvalue weighted by Crippen LogP contribution is -2.49. The number of hydrogen-bond acceptors (Lipinski definition) is 6. The van der Waals surface area contributed by atoms with Gasteiger partial charge in [0.15, 0.2) is 5.69 Å². The average Bonchev–Trinajstić information content (AvgIpc) is 3.15. The first-order chi connectivity index (χ1) is 16.0. The van der Waals surface area contributed by atoms with Crippen molar-refractivity contribution in [1.82, 2.24) is 14.6 Å². The summed E-state index contributed by atoms with van der Waals surface area (Å²) in [6, 6.07) is 15.8. The normalized spacial score (nSPS) is 12.1. The van der Waals surface area contributed by atoms with Crippen molar-refractivity contribution in [2.45, 2.75) is 45.8 Å². The third-order valence-corrected chi connectivity index (χ3v) is 5.91. The Morgan fingerprint density at radius 2 is 1.68 bits per heavy atom. The number of amides is 3. The van der Waals surface area contributed by atoms with E-state index in [2.05, 4.69) is 9.69 Å². The van der Waals surface area contributed by atoms with Crippen LogP contribution in [0.1, 0.15) is 63.7 Å². The van der Waals surface area contributed by atoms with Gasteiger partial charge in [-0.25, -0.2) is 0 Å². The second kappa shape index (κ2) is 10.0. The zero-order valence-corrected chi connectivity index (χ0v) is 20.5. The lowest BCUT2D eigenvalue weighted by Gasteiger charge is -2.33. The SMILES string of the molecule is Cc1ccc(C(C(=O)NC(C)(C)C)N(Cc2ccccc2)C(=O)c2snc(C(N)=O)c2N)cc1. The highest BCUT2D eigenvalue weighted by atomic mass is 32.1. The molecule has 0 radical (unpaired) electrons. The standard InChI is InChI=1S/C25H29N5O3S/c1-15-10-12-17(13-11-15)20(23(32)28-25(2,3)4)30(14-16-8-6-5-7-9-16)24(33)21-18(26)19(22(27)31)29-34-21/h5-13,20H,14,26H2,1-4H3,(H2,27,31)(H,28,32). The summed E-state index contributed by atoms with van der Waals surface area (Å²) >= 11 is 0.793. The van der Waals surface area contributed by atoms with Crippen LogP contribution in [-0.2, 0) is 11.3 Å². The topological polar surface area (TPSA) is 131 Å². The Morgan fingerprint density at radius 3 is 2.21 bits per heavy atom. The van der Waals surface area contributed by atoms with Crippen LogP contribution in [0.2, 0.25) is 0 Å². The summed E-state index contributed by atoms with van der Waals surface area (Å²) in [5.41, 5.74) is 13.2. The van der Waals surface area contributed by atoms with Crippen molar-refractivity contribution in [3.05, 3.63) is 81.9 Å². The molecule has 0 aliphatic heterocycles. The Bertz CT molecular complexity index is 1180. The molecular formula is C25H29N5O3S. The molecule has 1 heterocycles. The van der Waals surface area contributed by atoms with Crippen LogP contribution in [0.4, 0.5) is 5.69 Å². The number of primary amides is 1. The molecular weight excluding hydrogens is 450 g/mol. The molecule has 2 aromatic carbocycles. The van der Waals surface area contributed by atoms with E-state index in [4.69, 9.17) is 11.5 Å². The predicted molar refractivity (Wildman–Crippen MR) is 133 cm³/mol. The number of benzene rings is 2. The number of anilines is 1. The summed E-state index contributed by atoms with van der Waals surface area (Å²) in [5.74, 6) is -1.66. The minimum absolute atomic E-state index is 0.0606. The summed E-state index contributed by atoms with van der Waals surface area (Å²) < 4.78 is 3.97. The van der Waals surface area contributed by atoms with Crippen LogP contribution < -0.4 is 16.8 Å². The molecule has 3 amide bonds. The lowest BCUT2D eigenvalue weighted by molar-refractivity contribution is -0.127. The van der Waals surface area contributed by atoms with Gasteiger partial charge in [-0.3, -0.25) is 14.4 Å². The number of nitrogens with one attached hydrogen (secondary N) is 1. The summed E-state index contributed by atoms with van der Waals surface area (Å²) in [6.07, 6.45) is 0. The summed E-state index contributed by atoms with van der Waals surface area (Å²) in [6.45, 7) is 7.71. The van der Waals surface area contributed by atoms with E-state index in [0.717, 1.165) is 22.7 Å². The van der Waals surface area contributed by atoms with Crippen LogP contribution in [0, 0.1) is 6.92 Å². The van der Waals surface area contributed by atoms with Gasteiger partial charge in [-0.15, -0.1) is 0 Å². The first-order valence-corrected chi connectivity index (χ1v) is 11.5. The number of nitrogens with zero attached hydrogens (tertiary/aromatic N) is 2. The molecule has 8 nitrogen and oxygen atoms in total. The largest absolute Gasteiger partial charge is 0.395 e. The van der Waals surface area contributed by atoms with Crippen LogP contribution in [0.25, 0.3) is 0 Å². The van der Waals surface area contributed by atoms with Crippen LogP contribution in [0.3, 0.4) is 0 Å². The number of hydrogen-bond donors (Lipinski definition) is 3. The first-order valence-electron chi connectivity index (χ1n) is 10.8. The number of nitrogen functional groups attached to an aromatic ring is 1. The van der Waals surface area contributed by atoms with Crippen molar-refractivity contribution in [2.24, 2.45) is 5.73 Å². The zero-order valence-electron chi connectivity index (χ0n) is 19.7. The van der Waals surface area contributed by atoms with Crippen LogP contribution in [-0.4, -0.2) is 32.5 Å². The van der Waals surface area contributed by atoms with Gasteiger partial charge in [-0.2, -0.15) is 4.37 Å². The first kappa shape index (κ1) is 24.9. The highest BCUT2D eigenvalue weighted by molar-refractivity contribution is 7.09. The minimum Gasteiger partial charge on any atom is -0.395 e. The van der Waals surface area contributed by atoms with Gasteiger partial charge in [0.1, 0.15) is 10.9 Å². The molecule has 0 bridgehead atoms. The third-order valence-electron chi connectivity index (χ3n) is 5.06. The Labute approximate surface area is 203 Å². The fraction of sp³-hybridized carbons (Fsp3) is 0.280. The number of carbonyl (C=O) groups is 3. The maximum Gasteiger partial charge on any atom is 0.270 e. The molecule has 178 valence electrons. The number of carbonyl (C=O) groups excluding carboxylic acids is 3. The quantitative estimate of drug-likeness (QED) is 0.478. The summed E-state index contributed by atoms with van der Waals surface area (Å²) in [7, 11) is 0. The van der Waals surface area contributed by atoms with E-state index in [9.17, 15) is 14.4 Å². The molecule has 0 fully saturated rings. The Balaban J connectivity index is 2.15. The van der Waals surface area contributed by atoms with Gasteiger partial charge in [-0.1, -0.05) is 60.2 Å². The Morgan fingerprint density at radius 1 is 1.06 bits per heavy atom. The van der Waals surface area contributed by atoms with E-state index < -0.39 is 23.4 Å². The highest BCUT2D eigenvalue weighted by Gasteiger charge is 2.36. The van der Waals surface area contributed by atoms with Gasteiger partial charge in [0.05, 0.1) is 5.69 Å². The third kappa shape index (κ3) is 5.79. The Kier molecular flexibility index (Phi) is 7.36. The van der Waals surface area contributed by atoms with E-state index in [1.807, 2.05) is 82.3 Å². The zero-order chi connectivity index (χ0) is 25.0. The van der Waals surface area contributed by atoms with Gasteiger partial charge in [0.2, 0.25) is 5.91 Å². The predicted octanol–water partition coefficient (Wildman–Crippen LogP) is 3.43. The van der Waals surface area contributed by atoms with E-state index in [1.54, 1.807) is 0 Å². The maximum absolute atomic E-state index is 13.8. The Hall–Kier alpha value is -3.72. The number of rotatable bonds is 7. The molecule has 34 heavy (non-hydrogen) atoms. The lowest BCUT2D eigenvalue weighted by atomic mass is 9.99. The molecule has 9 heteroatoms. The van der Waals surface area contributed by atoms with Crippen LogP contribution in [0.5, 0.6) is 0 Å². The van der Waals surface area contributed by atoms with Gasteiger partial charge in [0.25, 0.3) is 11.8 Å². The number of nitrogens with two attached hydrogens (primary N) is 2. The van der Waals surface area contributed by atoms with E-state index in [0.29, 0.717) is 5.56 Å². The molecule has 1 atom stereocenters. The molecule has 0 aliphatic rings. The van der Waals surface area contributed by atoms with Crippen LogP contribution in [0.15, 0.2) is 54.6 Å². The molecule has 0 spiro atoms. The molecule has 5 N–H and O–H groups in total. The monoisotopic (exact) mass is 479 g/mol. The molecule has 0 saturated heterocycles. The van der Waals surface area contributed by atoms with E-state index in [1.165, 1.54) is 4.90 Å². The van der Waals surface area contributed by atoms with E-state index >= 15 is 0 Å². The van der Waals surface area contributed by atoms with Crippen molar-refractivity contribution < 1.29 is 14.4 Å². The highest BCUT2D eigenvalue weighted by Crippen LogP contribution is 2.30. The fourth-order valence-electron chi connectivity index (χ4n) is 3.48. The average molecular weight is 480 g/mol. The molecule has 1 aromatic heterocycles. The second-order valence-corrected chi connectivity index (χ2v) is 9.88. The molecule has 3 aromatic rings. The van der Waals surface area contributed by atoms with Gasteiger partial charge in [0, 0.05) is 12.1 Å². The van der Waals surface area contributed by atoms with Crippen LogP contribution >= 0.6 is 11.5 Å². The molecule has 0 saturated carbocycles. The minimum atomic E-state index is -0.953. The number of aromatic nitrogens is 1. The molecule has 3 rings (SSSR count). The molecule has 0 aliphatic carbocycles. The van der Waals surface area contributed by atoms with E-state index in [-0.39, 0.29) is 28.7 Å². The molecule has 1 unspecified atom stereocenters. The van der Waals surface area contributed by atoms with Crippen molar-refractivity contribution in [2.75, 3.05) is 5.73 Å². The summed E-state index contributed by atoms with van der Waals surface area (Å²) in [4.78, 5) is 40.6. The van der Waals surface area contributed by atoms with Crippen molar-refractivity contribution in [3.8, 4) is 0 Å². The summed E-state index contributed by atoms with van der Waals surface area (Å²) in [5, 5.41) is 2.99. The van der Waals surface area contributed by atoms with Gasteiger partial charge in [-0.05, 0) is 50.4 Å². The second-order valence-electron chi connectivity index (χ2n) is 9.11. The maximum atomic E-state index is 13.8. The van der Waals surface area contributed by atoms with Crippen molar-refractivity contribution in [1.29, 1.82) is 0 Å². The number of aryl methyl sites for hydroxylation is 1.